The molecule has 0 spiro atoms. The predicted molar refractivity (Wildman–Crippen MR) is 42.2 cm³/mol. The van der Waals surface area contributed by atoms with Gasteiger partial charge in [-0.25, -0.2) is 0 Å². The lowest BCUT2D eigenvalue weighted by atomic mass is 10.4. The van der Waals surface area contributed by atoms with Crippen LogP contribution in [0.1, 0.15) is 10.6 Å². The van der Waals surface area contributed by atoms with E-state index in [0.29, 0.717) is 0 Å². The predicted octanol–water partition coefficient (Wildman–Crippen LogP) is 2.10. The third kappa shape index (κ3) is 1.21. The summed E-state index contributed by atoms with van der Waals surface area (Å²) in [5.74, 6) is 2.50. The summed E-state index contributed by atoms with van der Waals surface area (Å²) < 4.78 is 0.750. The van der Waals surface area contributed by atoms with Crippen molar-refractivity contribution in [3.63, 3.8) is 0 Å². The molecule has 0 bridgehead atoms. The van der Waals surface area contributed by atoms with Crippen LogP contribution in [-0.2, 0) is 0 Å². The van der Waals surface area contributed by atoms with Crippen LogP contribution in [0, 0.1) is 23.2 Å². The first-order chi connectivity index (χ1) is 4.24. The van der Waals surface area contributed by atoms with Gasteiger partial charge >= 0.3 is 0 Å². The van der Waals surface area contributed by atoms with Crippen molar-refractivity contribution >= 4 is 23.6 Å². The van der Waals surface area contributed by atoms with Gasteiger partial charge in [0.25, 0.3) is 0 Å². The number of nitrogens with one attached hydrogen (secondary N) is 1. The fourth-order valence-corrected chi connectivity index (χ4v) is 1.66. The molecule has 0 unspecified atom stereocenters. The number of terminal acetylenes is 1. The largest absolute Gasteiger partial charge is 0.330 e. The average Bonchev–Trinajstić information content (AvgIpc) is 2.10. The maximum atomic E-state index is 5.14. The summed E-state index contributed by atoms with van der Waals surface area (Å²) in [4.78, 5) is 3.98. The van der Waals surface area contributed by atoms with Crippen LogP contribution < -0.4 is 0 Å². The van der Waals surface area contributed by atoms with Gasteiger partial charge in [0.15, 0.2) is 3.95 Å². The maximum Gasteiger partial charge on any atom is 0.159 e. The van der Waals surface area contributed by atoms with E-state index in [1.54, 1.807) is 0 Å². The van der Waals surface area contributed by atoms with E-state index in [1.165, 1.54) is 11.3 Å². The number of aryl methyl sites for hydroxylation is 1. The Bertz CT molecular complexity index is 300. The highest BCUT2D eigenvalue weighted by molar-refractivity contribution is 7.73. The second-order valence-corrected chi connectivity index (χ2v) is 3.48. The topological polar surface area (TPSA) is 15.8 Å². The van der Waals surface area contributed by atoms with Gasteiger partial charge in [0.2, 0.25) is 0 Å². The van der Waals surface area contributed by atoms with E-state index in [9.17, 15) is 0 Å². The summed E-state index contributed by atoms with van der Waals surface area (Å²) in [7, 11) is 0. The Hall–Kier alpha value is -0.590. The molecule has 0 atom stereocenters. The molecule has 0 saturated carbocycles. The van der Waals surface area contributed by atoms with Crippen LogP contribution in [0.5, 0.6) is 0 Å². The van der Waals surface area contributed by atoms with Crippen LogP contribution in [0.15, 0.2) is 0 Å². The fraction of sp³-hybridized carbons (Fsp3) is 0.167. The summed E-state index contributed by atoms with van der Waals surface area (Å²) in [6.07, 6.45) is 5.14. The Morgan fingerprint density at radius 3 is 2.67 bits per heavy atom. The zero-order valence-electron chi connectivity index (χ0n) is 4.89. The van der Waals surface area contributed by atoms with E-state index in [0.717, 1.165) is 14.5 Å². The first kappa shape index (κ1) is 6.53. The molecule has 0 aliphatic carbocycles. The van der Waals surface area contributed by atoms with Crippen LogP contribution in [0.25, 0.3) is 0 Å². The highest BCUT2D eigenvalue weighted by Crippen LogP contribution is 2.11. The lowest BCUT2D eigenvalue weighted by molar-refractivity contribution is 1.32. The van der Waals surface area contributed by atoms with Crippen molar-refractivity contribution in [3.05, 3.63) is 14.5 Å². The minimum atomic E-state index is 0.750. The molecule has 0 fully saturated rings. The van der Waals surface area contributed by atoms with Gasteiger partial charge < -0.3 is 4.98 Å². The molecule has 1 nitrogen and oxygen atoms in total. The van der Waals surface area contributed by atoms with Crippen molar-refractivity contribution in [1.82, 2.24) is 4.98 Å². The van der Waals surface area contributed by atoms with Crippen molar-refractivity contribution in [3.8, 4) is 12.3 Å². The van der Waals surface area contributed by atoms with Crippen LogP contribution in [0.4, 0.5) is 0 Å². The van der Waals surface area contributed by atoms with Gasteiger partial charge in [-0.15, -0.1) is 17.8 Å². The number of hydrogen-bond donors (Lipinski definition) is 1. The summed E-state index contributed by atoms with van der Waals surface area (Å²) in [5.41, 5.74) is 0.810. The normalized spacial score (nSPS) is 8.89. The molecule has 0 aliphatic rings. The fourth-order valence-electron chi connectivity index (χ4n) is 0.543. The Labute approximate surface area is 62.7 Å². The third-order valence-corrected chi connectivity index (χ3v) is 2.12. The minimum Gasteiger partial charge on any atom is -0.330 e. The SMILES string of the molecule is C#Cc1[nH]c(=S)sc1C. The van der Waals surface area contributed by atoms with Crippen molar-refractivity contribution in [2.75, 3.05) is 0 Å². The first-order valence-corrected chi connectivity index (χ1v) is 3.63. The van der Waals surface area contributed by atoms with Crippen molar-refractivity contribution < 1.29 is 0 Å². The van der Waals surface area contributed by atoms with Crippen molar-refractivity contribution in [2.45, 2.75) is 6.92 Å². The molecule has 0 aliphatic heterocycles. The van der Waals surface area contributed by atoms with E-state index in [-0.39, 0.29) is 0 Å². The van der Waals surface area contributed by atoms with Crippen LogP contribution in [0.3, 0.4) is 0 Å². The number of H-pyrrole nitrogens is 1. The average molecular weight is 155 g/mol. The molecule has 9 heavy (non-hydrogen) atoms. The monoisotopic (exact) mass is 155 g/mol. The second-order valence-electron chi connectivity index (χ2n) is 1.59. The van der Waals surface area contributed by atoms with E-state index < -0.39 is 0 Å². The number of thiazole rings is 1. The molecule has 0 radical (unpaired) electrons. The van der Waals surface area contributed by atoms with E-state index in [2.05, 4.69) is 10.9 Å². The molecule has 1 rings (SSSR count). The summed E-state index contributed by atoms with van der Waals surface area (Å²) in [5, 5.41) is 0. The van der Waals surface area contributed by atoms with E-state index in [4.69, 9.17) is 18.6 Å². The summed E-state index contributed by atoms with van der Waals surface area (Å²) in [6.45, 7) is 1.95. The Balaban J connectivity index is 3.37. The van der Waals surface area contributed by atoms with Crippen LogP contribution >= 0.6 is 23.6 Å². The quantitative estimate of drug-likeness (QED) is 0.448. The van der Waals surface area contributed by atoms with Gasteiger partial charge in [0.1, 0.15) is 5.69 Å². The smallest absolute Gasteiger partial charge is 0.159 e. The van der Waals surface area contributed by atoms with Crippen molar-refractivity contribution in [1.29, 1.82) is 0 Å². The Morgan fingerprint density at radius 2 is 2.44 bits per heavy atom. The molecule has 1 N–H and O–H groups in total. The van der Waals surface area contributed by atoms with Gasteiger partial charge in [-0.2, -0.15) is 0 Å². The molecule has 46 valence electrons. The molecular formula is C6H5NS2. The molecule has 0 aromatic carbocycles. The van der Waals surface area contributed by atoms with Crippen molar-refractivity contribution in [2.24, 2.45) is 0 Å². The highest BCUT2D eigenvalue weighted by Gasteiger charge is 1.94. The molecule has 0 saturated heterocycles. The lowest BCUT2D eigenvalue weighted by Crippen LogP contribution is -1.72. The van der Waals surface area contributed by atoms with Gasteiger partial charge in [-0.05, 0) is 19.1 Å². The first-order valence-electron chi connectivity index (χ1n) is 2.40. The second kappa shape index (κ2) is 2.34. The van der Waals surface area contributed by atoms with Gasteiger partial charge in [-0.3, -0.25) is 0 Å². The zero-order valence-corrected chi connectivity index (χ0v) is 6.53. The van der Waals surface area contributed by atoms with E-state index >= 15 is 0 Å². The zero-order chi connectivity index (χ0) is 6.85. The molecule has 1 heterocycles. The molecular weight excluding hydrogens is 150 g/mol. The number of aromatic amines is 1. The molecule has 1 aromatic heterocycles. The number of aromatic nitrogens is 1. The molecule has 1 aromatic rings. The minimum absolute atomic E-state index is 0.750. The molecule has 3 heteroatoms. The van der Waals surface area contributed by atoms with E-state index in [1.807, 2.05) is 6.92 Å². The highest BCUT2D eigenvalue weighted by atomic mass is 32.1. The standard InChI is InChI=1S/C6H5NS2/c1-3-5-4(2)9-6(8)7-5/h1H,2H3,(H,7,8). The summed E-state index contributed by atoms with van der Waals surface area (Å²) >= 11 is 6.36. The van der Waals surface area contributed by atoms with Gasteiger partial charge in [0.05, 0.1) is 0 Å². The number of rotatable bonds is 0. The third-order valence-electron chi connectivity index (χ3n) is 0.969. The summed E-state index contributed by atoms with van der Waals surface area (Å²) in [6, 6.07) is 0. The lowest BCUT2D eigenvalue weighted by Gasteiger charge is -1.79. The number of hydrogen-bond acceptors (Lipinski definition) is 2. The van der Waals surface area contributed by atoms with Gasteiger partial charge in [0, 0.05) is 4.88 Å². The Morgan fingerprint density at radius 1 is 1.78 bits per heavy atom. The molecule has 0 amide bonds. The van der Waals surface area contributed by atoms with Crippen LogP contribution in [-0.4, -0.2) is 4.98 Å². The Kier molecular flexibility index (Phi) is 1.70. The maximum absolute atomic E-state index is 5.14. The van der Waals surface area contributed by atoms with Crippen LogP contribution in [0.2, 0.25) is 0 Å². The van der Waals surface area contributed by atoms with Gasteiger partial charge in [-0.1, -0.05) is 5.92 Å².